The number of nitrogens with zero attached hydrogens (tertiary/aromatic N) is 4. The average molecular weight is 727 g/mol. The predicted octanol–water partition coefficient (Wildman–Crippen LogP) is 13.4. The summed E-state index contributed by atoms with van der Waals surface area (Å²) >= 11 is 0. The van der Waals surface area contributed by atoms with E-state index in [0.29, 0.717) is 11.4 Å². The molecule has 4 nitrogen and oxygen atoms in total. The van der Waals surface area contributed by atoms with Gasteiger partial charge in [-0.25, -0.2) is 9.97 Å². The number of fused-ring (bicyclic) bond motifs is 3. The summed E-state index contributed by atoms with van der Waals surface area (Å²) in [5, 5.41) is 12.2. The Hall–Kier alpha value is -7.87. The van der Waals surface area contributed by atoms with Gasteiger partial charge in [-0.3, -0.25) is 0 Å². The van der Waals surface area contributed by atoms with E-state index in [1.165, 1.54) is 21.9 Å². The van der Waals surface area contributed by atoms with Crippen LogP contribution in [0.2, 0.25) is 0 Å². The van der Waals surface area contributed by atoms with Crippen LogP contribution in [-0.4, -0.2) is 14.5 Å². The molecule has 4 heteroatoms. The van der Waals surface area contributed by atoms with Gasteiger partial charge in [0.2, 0.25) is 0 Å². The number of nitriles is 1. The Morgan fingerprint density at radius 1 is 0.351 bits per heavy atom. The minimum absolute atomic E-state index is 0.610. The van der Waals surface area contributed by atoms with Crippen molar-refractivity contribution in [3.63, 3.8) is 0 Å². The normalized spacial score (nSPS) is 11.1. The number of aromatic nitrogens is 3. The zero-order valence-corrected chi connectivity index (χ0v) is 30.9. The summed E-state index contributed by atoms with van der Waals surface area (Å²) in [5.41, 5.74) is 15.0. The van der Waals surface area contributed by atoms with Crippen molar-refractivity contribution in [3.05, 3.63) is 212 Å². The lowest BCUT2D eigenvalue weighted by Crippen LogP contribution is -1.99. The molecule has 0 saturated carbocycles. The van der Waals surface area contributed by atoms with Crippen LogP contribution in [0.4, 0.5) is 0 Å². The van der Waals surface area contributed by atoms with Gasteiger partial charge < -0.3 is 4.57 Å². The molecular formula is C53H34N4. The summed E-state index contributed by atoms with van der Waals surface area (Å²) in [4.78, 5) is 10.3. The van der Waals surface area contributed by atoms with Gasteiger partial charge in [0.05, 0.1) is 34.1 Å². The van der Waals surface area contributed by atoms with E-state index in [9.17, 15) is 5.26 Å². The first-order valence-corrected chi connectivity index (χ1v) is 19.0. The van der Waals surface area contributed by atoms with E-state index >= 15 is 0 Å². The summed E-state index contributed by atoms with van der Waals surface area (Å²) in [5.74, 6) is 0.658. The highest BCUT2D eigenvalue weighted by molar-refractivity contribution is 6.10. The monoisotopic (exact) mass is 726 g/mol. The third kappa shape index (κ3) is 6.44. The highest BCUT2D eigenvalue weighted by Crippen LogP contribution is 2.39. The quantitative estimate of drug-likeness (QED) is 0.164. The molecule has 0 bridgehead atoms. The van der Waals surface area contributed by atoms with Gasteiger partial charge in [0, 0.05) is 33.2 Å². The van der Waals surface area contributed by atoms with Gasteiger partial charge >= 0.3 is 0 Å². The van der Waals surface area contributed by atoms with Crippen molar-refractivity contribution >= 4 is 21.8 Å². The summed E-state index contributed by atoms with van der Waals surface area (Å²) in [7, 11) is 0. The van der Waals surface area contributed by atoms with Crippen LogP contribution in [0.15, 0.2) is 206 Å². The van der Waals surface area contributed by atoms with Crippen LogP contribution < -0.4 is 0 Å². The van der Waals surface area contributed by atoms with Crippen molar-refractivity contribution < 1.29 is 0 Å². The lowest BCUT2D eigenvalue weighted by molar-refractivity contribution is 1.16. The van der Waals surface area contributed by atoms with E-state index in [4.69, 9.17) is 9.97 Å². The smallest absolute Gasteiger partial charge is 0.160 e. The number of para-hydroxylation sites is 1. The maximum Gasteiger partial charge on any atom is 0.160 e. The molecule has 266 valence electrons. The van der Waals surface area contributed by atoms with E-state index in [1.807, 2.05) is 72.8 Å². The van der Waals surface area contributed by atoms with E-state index in [0.717, 1.165) is 67.1 Å². The molecule has 10 rings (SSSR count). The maximum absolute atomic E-state index is 9.88. The second-order valence-corrected chi connectivity index (χ2v) is 14.2. The van der Waals surface area contributed by atoms with Crippen molar-refractivity contribution in [2.45, 2.75) is 0 Å². The molecular weight excluding hydrogens is 693 g/mol. The average Bonchev–Trinajstić information content (AvgIpc) is 3.63. The minimum Gasteiger partial charge on any atom is -0.309 e. The molecule has 57 heavy (non-hydrogen) atoms. The van der Waals surface area contributed by atoms with Crippen LogP contribution in [-0.2, 0) is 0 Å². The molecule has 8 aromatic carbocycles. The Morgan fingerprint density at radius 2 is 0.877 bits per heavy atom. The summed E-state index contributed by atoms with van der Waals surface area (Å²) in [6.07, 6.45) is 0. The van der Waals surface area contributed by atoms with Crippen molar-refractivity contribution in [1.82, 2.24) is 14.5 Å². The summed E-state index contributed by atoms with van der Waals surface area (Å²) < 4.78 is 2.37. The third-order valence-corrected chi connectivity index (χ3v) is 10.6. The number of rotatable bonds is 7. The summed E-state index contributed by atoms with van der Waals surface area (Å²) in [6.45, 7) is 0. The fraction of sp³-hybridized carbons (Fsp3) is 0. The highest BCUT2D eigenvalue weighted by atomic mass is 15.0. The highest BCUT2D eigenvalue weighted by Gasteiger charge is 2.18. The van der Waals surface area contributed by atoms with Gasteiger partial charge in [-0.05, 0) is 81.9 Å². The Morgan fingerprint density at radius 3 is 1.60 bits per heavy atom. The van der Waals surface area contributed by atoms with Gasteiger partial charge in [-0.2, -0.15) is 5.26 Å². The molecule has 0 fully saturated rings. The number of hydrogen-bond acceptors (Lipinski definition) is 3. The fourth-order valence-electron chi connectivity index (χ4n) is 7.81. The lowest BCUT2D eigenvalue weighted by atomic mass is 9.98. The van der Waals surface area contributed by atoms with E-state index in [1.54, 1.807) is 0 Å². The molecule has 0 spiro atoms. The first-order chi connectivity index (χ1) is 28.2. The van der Waals surface area contributed by atoms with E-state index in [-0.39, 0.29) is 0 Å². The van der Waals surface area contributed by atoms with Crippen molar-refractivity contribution in [2.24, 2.45) is 0 Å². The van der Waals surface area contributed by atoms with Crippen LogP contribution in [0, 0.1) is 11.3 Å². The Kier molecular flexibility index (Phi) is 8.52. The molecule has 10 aromatic rings. The van der Waals surface area contributed by atoms with E-state index < -0.39 is 0 Å². The maximum atomic E-state index is 9.88. The van der Waals surface area contributed by atoms with Crippen LogP contribution >= 0.6 is 0 Å². The van der Waals surface area contributed by atoms with Gasteiger partial charge in [-0.15, -0.1) is 0 Å². The van der Waals surface area contributed by atoms with Crippen LogP contribution in [0.3, 0.4) is 0 Å². The second kappa shape index (κ2) is 14.4. The number of benzene rings is 8. The number of hydrogen-bond donors (Lipinski definition) is 0. The van der Waals surface area contributed by atoms with Gasteiger partial charge in [-0.1, -0.05) is 158 Å². The second-order valence-electron chi connectivity index (χ2n) is 14.2. The van der Waals surface area contributed by atoms with Crippen molar-refractivity contribution in [1.29, 1.82) is 5.26 Å². The predicted molar refractivity (Wildman–Crippen MR) is 234 cm³/mol. The summed E-state index contributed by atoms with van der Waals surface area (Å²) in [6, 6.07) is 74.0. The zero-order valence-electron chi connectivity index (χ0n) is 30.9. The molecule has 0 N–H and O–H groups in total. The molecule has 0 amide bonds. The molecule has 2 heterocycles. The lowest BCUT2D eigenvalue weighted by Gasteiger charge is -2.15. The van der Waals surface area contributed by atoms with E-state index in [2.05, 4.69) is 144 Å². The molecule has 0 aliphatic heterocycles. The van der Waals surface area contributed by atoms with Crippen LogP contribution in [0.5, 0.6) is 0 Å². The van der Waals surface area contributed by atoms with Gasteiger partial charge in [0.1, 0.15) is 0 Å². The molecule has 0 aliphatic carbocycles. The van der Waals surface area contributed by atoms with Gasteiger partial charge in [0.25, 0.3) is 0 Å². The van der Waals surface area contributed by atoms with Crippen molar-refractivity contribution in [3.8, 4) is 79.0 Å². The van der Waals surface area contributed by atoms with Gasteiger partial charge in [0.15, 0.2) is 5.82 Å². The molecule has 0 aliphatic rings. The van der Waals surface area contributed by atoms with Crippen molar-refractivity contribution in [2.75, 3.05) is 0 Å². The Bertz CT molecular complexity index is 3050. The Labute approximate surface area is 331 Å². The molecule has 0 saturated heterocycles. The Balaban J connectivity index is 1.20. The molecule has 0 unspecified atom stereocenters. The molecule has 0 atom stereocenters. The molecule has 0 radical (unpaired) electrons. The SMILES string of the molecule is N#Cc1cccc(-c2cc(-c3cc(-c4ccccc4)nc(-c4ccccc4)n3)cc(-n3c4ccccc4c4ccc(-c5ccc(-c6ccccc6)cc5)cc43)c2)c1. The largest absolute Gasteiger partial charge is 0.309 e. The topological polar surface area (TPSA) is 54.5 Å². The zero-order chi connectivity index (χ0) is 38.1. The first-order valence-electron chi connectivity index (χ1n) is 19.0. The standard InChI is InChI=1S/C53H34N4/c54-35-36-13-12-20-42(29-36)44-30-45(50-34-49(40-16-6-2-7-17-40)55-53(56-50)41-18-8-3-9-19-41)32-46(31-44)57-51-22-11-10-21-47(51)48-28-27-43(33-52(48)57)39-25-23-38(24-26-39)37-14-4-1-5-15-37/h1-34H. The van der Waals surface area contributed by atoms with Crippen LogP contribution in [0.1, 0.15) is 5.56 Å². The van der Waals surface area contributed by atoms with Crippen LogP contribution in [0.25, 0.3) is 94.8 Å². The molecule has 2 aromatic heterocycles. The minimum atomic E-state index is 0.610. The fourth-order valence-corrected chi connectivity index (χ4v) is 7.81. The first kappa shape index (κ1) is 33.7. The third-order valence-electron chi connectivity index (χ3n) is 10.6.